The fraction of sp³-hybridized carbons (Fsp3) is 0.680. The van der Waals surface area contributed by atoms with E-state index in [0.29, 0.717) is 24.5 Å². The van der Waals surface area contributed by atoms with Crippen molar-refractivity contribution in [1.29, 1.82) is 0 Å². The summed E-state index contributed by atoms with van der Waals surface area (Å²) in [5, 5.41) is 2.72. The van der Waals surface area contributed by atoms with Gasteiger partial charge in [0.1, 0.15) is 0 Å². The van der Waals surface area contributed by atoms with Gasteiger partial charge < -0.3 is 15.0 Å². The normalized spacial score (nSPS) is 25.0. The first-order valence-electron chi connectivity index (χ1n) is 11.6. The van der Waals surface area contributed by atoms with Crippen LogP contribution in [0.4, 0.5) is 4.79 Å². The zero-order valence-electron chi connectivity index (χ0n) is 18.7. The van der Waals surface area contributed by atoms with E-state index in [0.717, 1.165) is 38.8 Å². The quantitative estimate of drug-likeness (QED) is 0.772. The molecule has 3 aliphatic rings. The number of nitrogens with zero attached hydrogens (tertiary/aromatic N) is 1. The summed E-state index contributed by atoms with van der Waals surface area (Å²) in [4.78, 5) is 26.5. The number of ether oxygens (including phenoxy) is 1. The number of rotatable bonds is 2. The molecule has 1 aliphatic carbocycles. The number of piperidine rings is 1. The van der Waals surface area contributed by atoms with Gasteiger partial charge in [-0.2, -0.15) is 0 Å². The molecule has 3 fully saturated rings. The Morgan fingerprint density at radius 2 is 1.93 bits per heavy atom. The molecule has 1 aromatic rings. The summed E-state index contributed by atoms with van der Waals surface area (Å²) >= 11 is 0. The van der Waals surface area contributed by atoms with E-state index in [1.165, 1.54) is 24.0 Å². The van der Waals surface area contributed by atoms with Crippen LogP contribution in [0.1, 0.15) is 76.3 Å². The lowest BCUT2D eigenvalue weighted by atomic mass is 9.56. The Kier molecular flexibility index (Phi) is 5.82. The second-order valence-corrected chi connectivity index (χ2v) is 10.7. The summed E-state index contributed by atoms with van der Waals surface area (Å²) < 4.78 is 5.00. The zero-order chi connectivity index (χ0) is 21.4. The maximum atomic E-state index is 13.0. The molecule has 2 aliphatic heterocycles. The minimum absolute atomic E-state index is 0.110. The SMILES string of the molecule is CC(C)(C)c1cccc(C2CC3(CCN(C(=O)[C@@H]4CCCOC(=O)NC4)CC3)C2)c1. The van der Waals surface area contributed by atoms with E-state index in [-0.39, 0.29) is 17.2 Å². The Morgan fingerprint density at radius 3 is 2.63 bits per heavy atom. The molecule has 2 heterocycles. The van der Waals surface area contributed by atoms with Gasteiger partial charge >= 0.3 is 6.09 Å². The van der Waals surface area contributed by atoms with Gasteiger partial charge in [0, 0.05) is 19.6 Å². The van der Waals surface area contributed by atoms with E-state index in [1.54, 1.807) is 0 Å². The van der Waals surface area contributed by atoms with Gasteiger partial charge in [0.15, 0.2) is 0 Å². The Morgan fingerprint density at radius 1 is 1.20 bits per heavy atom. The minimum atomic E-state index is -0.402. The predicted octanol–water partition coefficient (Wildman–Crippen LogP) is 4.61. The molecular formula is C25H36N2O3. The van der Waals surface area contributed by atoms with Crippen LogP contribution in [0.5, 0.6) is 0 Å². The second-order valence-electron chi connectivity index (χ2n) is 10.7. The summed E-state index contributed by atoms with van der Waals surface area (Å²) in [6, 6.07) is 9.15. The maximum absolute atomic E-state index is 13.0. The van der Waals surface area contributed by atoms with Crippen molar-refractivity contribution in [1.82, 2.24) is 10.2 Å². The zero-order valence-corrected chi connectivity index (χ0v) is 18.7. The van der Waals surface area contributed by atoms with Crippen LogP contribution in [-0.4, -0.2) is 43.1 Å². The number of amides is 2. The van der Waals surface area contributed by atoms with Crippen LogP contribution >= 0.6 is 0 Å². The Balaban J connectivity index is 1.30. The number of cyclic esters (lactones) is 1. The topological polar surface area (TPSA) is 58.6 Å². The first-order valence-corrected chi connectivity index (χ1v) is 11.6. The minimum Gasteiger partial charge on any atom is -0.450 e. The van der Waals surface area contributed by atoms with E-state index in [9.17, 15) is 9.59 Å². The van der Waals surface area contributed by atoms with Gasteiger partial charge in [0.2, 0.25) is 5.91 Å². The van der Waals surface area contributed by atoms with Crippen LogP contribution in [-0.2, 0) is 14.9 Å². The van der Waals surface area contributed by atoms with Gasteiger partial charge in [-0.3, -0.25) is 4.79 Å². The number of hydrogen-bond acceptors (Lipinski definition) is 3. The van der Waals surface area contributed by atoms with Crippen LogP contribution in [0.15, 0.2) is 24.3 Å². The summed E-state index contributed by atoms with van der Waals surface area (Å²) in [7, 11) is 0. The van der Waals surface area contributed by atoms with Crippen molar-refractivity contribution in [2.45, 2.75) is 70.6 Å². The Hall–Kier alpha value is -2.04. The van der Waals surface area contributed by atoms with Crippen molar-refractivity contribution in [3.05, 3.63) is 35.4 Å². The predicted molar refractivity (Wildman–Crippen MR) is 117 cm³/mol. The lowest BCUT2D eigenvalue weighted by Gasteiger charge is -2.53. The molecule has 0 bridgehead atoms. The van der Waals surface area contributed by atoms with Crippen LogP contribution < -0.4 is 5.32 Å². The molecule has 0 aromatic heterocycles. The number of carbonyl (C=O) groups excluding carboxylic acids is 2. The van der Waals surface area contributed by atoms with Crippen molar-refractivity contribution in [3.63, 3.8) is 0 Å². The first-order chi connectivity index (χ1) is 14.3. The van der Waals surface area contributed by atoms with E-state index in [1.807, 2.05) is 4.90 Å². The van der Waals surface area contributed by atoms with Gasteiger partial charge in [0.05, 0.1) is 12.5 Å². The van der Waals surface area contributed by atoms with Crippen LogP contribution in [0, 0.1) is 11.3 Å². The monoisotopic (exact) mass is 412 g/mol. The van der Waals surface area contributed by atoms with Gasteiger partial charge in [-0.25, -0.2) is 4.79 Å². The molecule has 1 saturated carbocycles. The summed E-state index contributed by atoms with van der Waals surface area (Å²) in [6.45, 7) is 9.33. The van der Waals surface area contributed by atoms with Crippen LogP contribution in [0.3, 0.4) is 0 Å². The lowest BCUT2D eigenvalue weighted by molar-refractivity contribution is -0.139. The highest BCUT2D eigenvalue weighted by molar-refractivity contribution is 5.80. The van der Waals surface area contributed by atoms with Gasteiger partial charge in [0.25, 0.3) is 0 Å². The standard InChI is InChI=1S/C25H36N2O3/c1-24(2,3)21-8-4-6-18(14-21)20-15-25(16-20)9-11-27(12-10-25)22(28)19-7-5-13-30-23(29)26-17-19/h4,6,8,14,19-20H,5,7,9-13,15-17H2,1-3H3,(H,26,29)/t19-/m1/s1. The first kappa shape index (κ1) is 21.2. The molecular weight excluding hydrogens is 376 g/mol. The molecule has 1 N–H and O–H groups in total. The Bertz CT molecular complexity index is 782. The number of likely N-dealkylation sites (tertiary alicyclic amines) is 1. The summed E-state index contributed by atoms with van der Waals surface area (Å²) in [5.74, 6) is 0.761. The molecule has 30 heavy (non-hydrogen) atoms. The van der Waals surface area contributed by atoms with E-state index in [2.05, 4.69) is 50.4 Å². The molecule has 2 amide bonds. The summed E-state index contributed by atoms with van der Waals surface area (Å²) in [5.41, 5.74) is 3.51. The third-order valence-electron chi connectivity index (χ3n) is 7.49. The number of benzene rings is 1. The van der Waals surface area contributed by atoms with Crippen molar-refractivity contribution in [2.24, 2.45) is 11.3 Å². The molecule has 1 aromatic carbocycles. The highest BCUT2D eigenvalue weighted by atomic mass is 16.5. The number of nitrogens with one attached hydrogen (secondary N) is 1. The summed E-state index contributed by atoms with van der Waals surface area (Å²) in [6.07, 6.45) is 5.86. The molecule has 2 saturated heterocycles. The average molecular weight is 413 g/mol. The van der Waals surface area contributed by atoms with Crippen molar-refractivity contribution in [3.8, 4) is 0 Å². The average Bonchev–Trinajstić information content (AvgIpc) is 2.68. The van der Waals surface area contributed by atoms with Gasteiger partial charge in [-0.1, -0.05) is 45.0 Å². The fourth-order valence-corrected chi connectivity index (χ4v) is 5.41. The molecule has 4 rings (SSSR count). The molecule has 0 unspecified atom stereocenters. The van der Waals surface area contributed by atoms with E-state index in [4.69, 9.17) is 4.74 Å². The number of carbonyl (C=O) groups is 2. The van der Waals surface area contributed by atoms with E-state index < -0.39 is 6.09 Å². The molecule has 1 spiro atoms. The largest absolute Gasteiger partial charge is 0.450 e. The second kappa shape index (κ2) is 8.24. The molecule has 5 nitrogen and oxygen atoms in total. The van der Waals surface area contributed by atoms with Crippen molar-refractivity contribution >= 4 is 12.0 Å². The van der Waals surface area contributed by atoms with Gasteiger partial charge in [-0.05, 0) is 66.4 Å². The third-order valence-corrected chi connectivity index (χ3v) is 7.49. The highest BCUT2D eigenvalue weighted by Crippen LogP contribution is 2.56. The number of alkyl carbamates (subject to hydrolysis) is 1. The molecule has 5 heteroatoms. The highest BCUT2D eigenvalue weighted by Gasteiger charge is 2.47. The van der Waals surface area contributed by atoms with E-state index >= 15 is 0 Å². The maximum Gasteiger partial charge on any atom is 0.407 e. The number of hydrogen-bond donors (Lipinski definition) is 1. The van der Waals surface area contributed by atoms with Crippen molar-refractivity contribution < 1.29 is 14.3 Å². The lowest BCUT2D eigenvalue weighted by Crippen LogP contribution is -2.51. The fourth-order valence-electron chi connectivity index (χ4n) is 5.41. The smallest absolute Gasteiger partial charge is 0.407 e. The molecule has 164 valence electrons. The Labute approximate surface area is 180 Å². The van der Waals surface area contributed by atoms with Gasteiger partial charge in [-0.15, -0.1) is 0 Å². The van der Waals surface area contributed by atoms with Crippen LogP contribution in [0.25, 0.3) is 0 Å². The molecule has 0 radical (unpaired) electrons. The van der Waals surface area contributed by atoms with Crippen LogP contribution in [0.2, 0.25) is 0 Å². The molecule has 1 atom stereocenters. The third kappa shape index (κ3) is 4.50. The van der Waals surface area contributed by atoms with Crippen molar-refractivity contribution in [2.75, 3.05) is 26.2 Å².